The molecule has 7 heteroatoms. The number of aliphatic carboxylic acids is 1. The lowest BCUT2D eigenvalue weighted by atomic mass is 9.93. The second kappa shape index (κ2) is 5.41. The van der Waals surface area contributed by atoms with E-state index in [2.05, 4.69) is 5.32 Å². The predicted molar refractivity (Wildman–Crippen MR) is 66.1 cm³/mol. The highest BCUT2D eigenvalue weighted by Crippen LogP contribution is 2.33. The van der Waals surface area contributed by atoms with Crippen molar-refractivity contribution in [1.82, 2.24) is 0 Å². The predicted octanol–water partition coefficient (Wildman–Crippen LogP) is 3.10. The normalized spacial score (nSPS) is 11.8. The van der Waals surface area contributed by atoms with Gasteiger partial charge in [-0.15, -0.1) is 0 Å². The Balaban J connectivity index is 2.96. The van der Waals surface area contributed by atoms with Gasteiger partial charge in [-0.3, -0.25) is 4.79 Å². The fraction of sp³-hybridized carbons (Fsp3) is 0.385. The minimum Gasteiger partial charge on any atom is -0.481 e. The van der Waals surface area contributed by atoms with Gasteiger partial charge in [-0.1, -0.05) is 0 Å². The van der Waals surface area contributed by atoms with E-state index in [0.717, 1.165) is 12.1 Å². The van der Waals surface area contributed by atoms with Gasteiger partial charge >= 0.3 is 12.1 Å². The number of nitrogens with one attached hydrogen (secondary N) is 1. The van der Waals surface area contributed by atoms with Crippen LogP contribution in [0.15, 0.2) is 18.2 Å². The van der Waals surface area contributed by atoms with Crippen LogP contribution in [0.5, 0.6) is 0 Å². The van der Waals surface area contributed by atoms with E-state index in [4.69, 9.17) is 10.4 Å². The fourth-order valence-electron chi connectivity index (χ4n) is 1.39. The van der Waals surface area contributed by atoms with Gasteiger partial charge in [0, 0.05) is 12.2 Å². The van der Waals surface area contributed by atoms with Gasteiger partial charge in [0.05, 0.1) is 22.6 Å². The van der Waals surface area contributed by atoms with Crippen LogP contribution in [0, 0.1) is 16.7 Å². The maximum absolute atomic E-state index is 12.6. The minimum atomic E-state index is -4.59. The average Bonchev–Trinajstić information content (AvgIpc) is 2.34. The molecule has 108 valence electrons. The molecule has 1 aromatic rings. The van der Waals surface area contributed by atoms with E-state index in [1.807, 2.05) is 0 Å². The number of hydrogen-bond acceptors (Lipinski definition) is 3. The molecular formula is C13H13F3N2O2. The number of anilines is 1. The van der Waals surface area contributed by atoms with Gasteiger partial charge in [0.25, 0.3) is 0 Å². The number of halogens is 3. The van der Waals surface area contributed by atoms with Crippen molar-refractivity contribution in [3.05, 3.63) is 29.3 Å². The molecule has 0 saturated heterocycles. The molecule has 0 radical (unpaired) electrons. The molecule has 0 aliphatic rings. The van der Waals surface area contributed by atoms with E-state index in [9.17, 15) is 18.0 Å². The molecule has 0 bridgehead atoms. The van der Waals surface area contributed by atoms with Crippen LogP contribution >= 0.6 is 0 Å². The van der Waals surface area contributed by atoms with E-state index in [1.165, 1.54) is 26.0 Å². The maximum Gasteiger partial charge on any atom is 0.417 e. The second-order valence-corrected chi connectivity index (χ2v) is 4.91. The molecule has 1 rings (SSSR count). The van der Waals surface area contributed by atoms with Crippen LogP contribution in [0.3, 0.4) is 0 Å². The average molecular weight is 286 g/mol. The van der Waals surface area contributed by atoms with E-state index in [1.54, 1.807) is 0 Å². The Labute approximate surface area is 113 Å². The van der Waals surface area contributed by atoms with Crippen LogP contribution in [-0.2, 0) is 11.0 Å². The number of alkyl halides is 3. The quantitative estimate of drug-likeness (QED) is 0.892. The van der Waals surface area contributed by atoms with E-state index in [-0.39, 0.29) is 12.2 Å². The first-order valence-corrected chi connectivity index (χ1v) is 5.66. The fourth-order valence-corrected chi connectivity index (χ4v) is 1.39. The molecular weight excluding hydrogens is 273 g/mol. The van der Waals surface area contributed by atoms with Crippen LogP contribution in [0.4, 0.5) is 18.9 Å². The second-order valence-electron chi connectivity index (χ2n) is 4.91. The first kappa shape index (κ1) is 15.8. The molecule has 0 atom stereocenters. The van der Waals surface area contributed by atoms with Gasteiger partial charge in [0.1, 0.15) is 0 Å². The van der Waals surface area contributed by atoms with Gasteiger partial charge < -0.3 is 10.4 Å². The summed E-state index contributed by atoms with van der Waals surface area (Å²) in [4.78, 5) is 10.9. The molecule has 0 aliphatic carbocycles. The van der Waals surface area contributed by atoms with Crippen molar-refractivity contribution in [2.45, 2.75) is 20.0 Å². The number of carboxylic acids is 1. The Morgan fingerprint density at radius 3 is 2.45 bits per heavy atom. The third kappa shape index (κ3) is 3.63. The van der Waals surface area contributed by atoms with Crippen LogP contribution in [0.1, 0.15) is 25.0 Å². The summed E-state index contributed by atoms with van der Waals surface area (Å²) in [5, 5.41) is 20.4. The van der Waals surface area contributed by atoms with Gasteiger partial charge in [0.15, 0.2) is 0 Å². The molecule has 0 aliphatic heterocycles. The largest absolute Gasteiger partial charge is 0.481 e. The molecule has 0 spiro atoms. The van der Waals surface area contributed by atoms with E-state index < -0.39 is 28.7 Å². The monoisotopic (exact) mass is 286 g/mol. The van der Waals surface area contributed by atoms with Crippen LogP contribution in [-0.4, -0.2) is 17.6 Å². The SMILES string of the molecule is CC(C)(CNc1ccc(C(F)(F)F)c(C#N)c1)C(=O)O. The number of nitrogens with zero attached hydrogens (tertiary/aromatic N) is 1. The minimum absolute atomic E-state index is 0.0264. The maximum atomic E-state index is 12.6. The van der Waals surface area contributed by atoms with Crippen molar-refractivity contribution in [2.24, 2.45) is 5.41 Å². The lowest BCUT2D eigenvalue weighted by molar-refractivity contribution is -0.146. The number of carbonyl (C=O) groups is 1. The summed E-state index contributed by atoms with van der Waals surface area (Å²) in [6.07, 6.45) is -4.59. The molecule has 4 nitrogen and oxygen atoms in total. The summed E-state index contributed by atoms with van der Waals surface area (Å²) in [6, 6.07) is 4.51. The highest BCUT2D eigenvalue weighted by molar-refractivity contribution is 5.74. The molecule has 2 N–H and O–H groups in total. The Bertz CT molecular complexity index is 560. The van der Waals surface area contributed by atoms with Crippen molar-refractivity contribution in [1.29, 1.82) is 5.26 Å². The first-order chi connectivity index (χ1) is 9.08. The van der Waals surface area contributed by atoms with E-state index >= 15 is 0 Å². The van der Waals surface area contributed by atoms with Gasteiger partial charge in [0.2, 0.25) is 0 Å². The molecule has 0 fully saturated rings. The summed E-state index contributed by atoms with van der Waals surface area (Å²) in [5.74, 6) is -1.03. The summed E-state index contributed by atoms with van der Waals surface area (Å²) < 4.78 is 37.8. The zero-order chi connectivity index (χ0) is 15.6. The molecule has 0 unspecified atom stereocenters. The number of rotatable bonds is 4. The lowest BCUT2D eigenvalue weighted by Gasteiger charge is -2.20. The van der Waals surface area contributed by atoms with Crippen LogP contribution in [0.25, 0.3) is 0 Å². The summed E-state index contributed by atoms with van der Waals surface area (Å²) in [5.41, 5.74) is -2.32. The lowest BCUT2D eigenvalue weighted by Crippen LogP contribution is -2.31. The van der Waals surface area contributed by atoms with Crippen molar-refractivity contribution in [3.63, 3.8) is 0 Å². The number of nitriles is 1. The van der Waals surface area contributed by atoms with Crippen molar-refractivity contribution >= 4 is 11.7 Å². The van der Waals surface area contributed by atoms with Gasteiger partial charge in [-0.25, -0.2) is 0 Å². The molecule has 20 heavy (non-hydrogen) atoms. The third-order valence-corrected chi connectivity index (χ3v) is 2.76. The number of hydrogen-bond donors (Lipinski definition) is 2. The summed E-state index contributed by atoms with van der Waals surface area (Å²) >= 11 is 0. The Kier molecular flexibility index (Phi) is 4.28. The van der Waals surface area contributed by atoms with Crippen molar-refractivity contribution in [2.75, 3.05) is 11.9 Å². The highest BCUT2D eigenvalue weighted by atomic mass is 19.4. The molecule has 0 saturated carbocycles. The molecule has 0 aromatic heterocycles. The Hall–Kier alpha value is -2.23. The van der Waals surface area contributed by atoms with Crippen LogP contribution < -0.4 is 5.32 Å². The van der Waals surface area contributed by atoms with Crippen molar-refractivity contribution < 1.29 is 23.1 Å². The topological polar surface area (TPSA) is 73.1 Å². The van der Waals surface area contributed by atoms with Gasteiger partial charge in [-0.2, -0.15) is 18.4 Å². The Morgan fingerprint density at radius 1 is 1.40 bits per heavy atom. The third-order valence-electron chi connectivity index (χ3n) is 2.76. The number of benzene rings is 1. The zero-order valence-electron chi connectivity index (χ0n) is 10.9. The van der Waals surface area contributed by atoms with Gasteiger partial charge in [-0.05, 0) is 32.0 Å². The van der Waals surface area contributed by atoms with Crippen LogP contribution in [0.2, 0.25) is 0 Å². The van der Waals surface area contributed by atoms with E-state index in [0.29, 0.717) is 0 Å². The Morgan fingerprint density at radius 2 is 2.00 bits per heavy atom. The smallest absolute Gasteiger partial charge is 0.417 e. The number of carboxylic acid groups (broad SMARTS) is 1. The first-order valence-electron chi connectivity index (χ1n) is 5.66. The highest BCUT2D eigenvalue weighted by Gasteiger charge is 2.33. The standard InChI is InChI=1S/C13H13F3N2O2/c1-12(2,11(19)20)7-18-9-3-4-10(13(14,15)16)8(5-9)6-17/h3-5,18H,7H2,1-2H3,(H,19,20). The molecule has 1 aromatic carbocycles. The van der Waals surface area contributed by atoms with Crippen molar-refractivity contribution in [3.8, 4) is 6.07 Å². The zero-order valence-corrected chi connectivity index (χ0v) is 10.9. The summed E-state index contributed by atoms with van der Waals surface area (Å²) in [6.45, 7) is 2.99. The molecule has 0 heterocycles. The molecule has 0 amide bonds. The summed E-state index contributed by atoms with van der Waals surface area (Å²) in [7, 11) is 0.